The van der Waals surface area contributed by atoms with Gasteiger partial charge in [-0.05, 0) is 57.6 Å². The van der Waals surface area contributed by atoms with E-state index >= 15 is 0 Å². The van der Waals surface area contributed by atoms with Crippen molar-refractivity contribution in [1.82, 2.24) is 9.80 Å². The Kier molecular flexibility index (Phi) is 24.6. The first-order chi connectivity index (χ1) is 20.8. The fraction of sp³-hybridized carbons (Fsp3) is 0.472. The summed E-state index contributed by atoms with van der Waals surface area (Å²) in [5, 5.41) is 8.91. The molecule has 2 amide bonds. The number of piperidine rings is 2. The van der Waals surface area contributed by atoms with Gasteiger partial charge in [0.05, 0.1) is 13.2 Å². The third-order valence-electron chi connectivity index (χ3n) is 7.39. The zero-order valence-electron chi connectivity index (χ0n) is 27.4. The summed E-state index contributed by atoms with van der Waals surface area (Å²) in [4.78, 5) is 39.3. The number of likely N-dealkylation sites (tertiary alicyclic amines) is 2. The van der Waals surface area contributed by atoms with E-state index in [1.54, 1.807) is 22.8 Å². The fourth-order valence-corrected chi connectivity index (χ4v) is 5.10. The molecular formula is C36H56AlLiN2O7. The van der Waals surface area contributed by atoms with Crippen molar-refractivity contribution in [2.75, 3.05) is 26.3 Å². The number of aliphatic hydroxyl groups excluding tert-OH is 1. The van der Waals surface area contributed by atoms with Gasteiger partial charge in [-0.25, -0.2) is 14.4 Å². The van der Waals surface area contributed by atoms with Crippen molar-refractivity contribution in [3.05, 3.63) is 95.1 Å². The third-order valence-corrected chi connectivity index (χ3v) is 7.39. The van der Waals surface area contributed by atoms with Crippen LogP contribution in [-0.2, 0) is 32.2 Å². The van der Waals surface area contributed by atoms with Crippen molar-refractivity contribution < 1.29 is 54.0 Å². The fourth-order valence-electron chi connectivity index (χ4n) is 5.10. The average molecular weight is 663 g/mol. The molecule has 2 atom stereocenters. The Bertz CT molecular complexity index is 1250. The topological polar surface area (TPSA) is 106 Å². The van der Waals surface area contributed by atoms with E-state index < -0.39 is 0 Å². The van der Waals surface area contributed by atoms with E-state index in [1.165, 1.54) is 5.57 Å². The SMILES string of the molecule is C.C.CC1C/C(=C/CO)CCN1C(=O)OCc1ccccc1.CCOC(=O)/C=C1\CCN(C(=O)OCc2ccccc2)C(C)C1.[AlH3].[H-].[Li+]. The normalized spacial score (nSPS) is 18.5. The molecule has 2 aliphatic heterocycles. The first kappa shape index (κ1) is 46.1. The van der Waals surface area contributed by atoms with Crippen LogP contribution in [0.4, 0.5) is 9.59 Å². The van der Waals surface area contributed by atoms with Crippen LogP contribution in [-0.4, -0.2) is 88.8 Å². The van der Waals surface area contributed by atoms with Crippen LogP contribution in [0.1, 0.15) is 73.9 Å². The first-order valence-corrected chi connectivity index (χ1v) is 14.9. The van der Waals surface area contributed by atoms with Crippen molar-refractivity contribution in [3.63, 3.8) is 0 Å². The Balaban J connectivity index is -0.000000769. The van der Waals surface area contributed by atoms with Crippen LogP contribution in [0.25, 0.3) is 0 Å². The molecule has 2 aromatic rings. The minimum Gasteiger partial charge on any atom is -1.00 e. The van der Waals surface area contributed by atoms with Gasteiger partial charge < -0.3 is 30.5 Å². The quantitative estimate of drug-likeness (QED) is 0.160. The summed E-state index contributed by atoms with van der Waals surface area (Å²) in [6.45, 7) is 7.98. The molecule has 0 spiro atoms. The molecule has 0 saturated carbocycles. The minimum atomic E-state index is -0.310. The van der Waals surface area contributed by atoms with E-state index in [0.717, 1.165) is 29.5 Å². The molecule has 2 fully saturated rings. The second-order valence-corrected chi connectivity index (χ2v) is 10.7. The number of hydrogen-bond acceptors (Lipinski definition) is 7. The van der Waals surface area contributed by atoms with Crippen molar-refractivity contribution in [2.24, 2.45) is 0 Å². The van der Waals surface area contributed by atoms with Crippen LogP contribution in [0.15, 0.2) is 84.0 Å². The summed E-state index contributed by atoms with van der Waals surface area (Å²) in [5.41, 5.74) is 4.19. The number of aliphatic hydroxyl groups is 1. The Labute approximate surface area is 306 Å². The number of ether oxygens (including phenoxy) is 3. The predicted octanol–water partition coefficient (Wildman–Crippen LogP) is 3.23. The van der Waals surface area contributed by atoms with Gasteiger partial charge in [-0.15, -0.1) is 0 Å². The van der Waals surface area contributed by atoms with E-state index in [-0.39, 0.29) is 96.0 Å². The Hall–Kier alpha value is -2.98. The summed E-state index contributed by atoms with van der Waals surface area (Å²) >= 11 is 0. The molecule has 0 aromatic heterocycles. The van der Waals surface area contributed by atoms with Gasteiger partial charge in [-0.3, -0.25) is 0 Å². The standard InChI is InChI=1S/C18H23NO4.C16H21NO3.2CH4.Al.Li.4H/c1-3-22-17(20)12-16-9-10-19(14(2)11-16)18(21)23-13-15-7-5-4-6-8-15;1-13-11-14(8-10-18)7-9-17(13)16(19)20-12-15-5-3-2-4-6-15;;;;;;;;/h4-8,12,14H,3,9-11,13H2,1-2H3;2-6,8,13,18H,7,9-12H2,1H3;2*1H4;;;;;;/q;;;;;+1;;;;-1/b16-12+;14-8+;;;;;;;;. The number of carbonyl (C=O) groups is 3. The van der Waals surface area contributed by atoms with E-state index in [9.17, 15) is 14.4 Å². The van der Waals surface area contributed by atoms with E-state index in [2.05, 4.69) is 0 Å². The summed E-state index contributed by atoms with van der Waals surface area (Å²) in [6.07, 6.45) is 5.77. The van der Waals surface area contributed by atoms with Crippen LogP contribution >= 0.6 is 0 Å². The molecule has 2 aromatic carbocycles. The molecule has 11 heteroatoms. The Morgan fingerprint density at radius 3 is 1.62 bits per heavy atom. The molecule has 256 valence electrons. The maximum Gasteiger partial charge on any atom is 1.00 e. The largest absolute Gasteiger partial charge is 1.00 e. The molecule has 0 bridgehead atoms. The van der Waals surface area contributed by atoms with Crippen LogP contribution in [0.2, 0.25) is 0 Å². The number of rotatable bonds is 7. The molecule has 1 N–H and O–H groups in total. The van der Waals surface area contributed by atoms with E-state index in [4.69, 9.17) is 19.3 Å². The number of benzene rings is 2. The summed E-state index contributed by atoms with van der Waals surface area (Å²) in [7, 11) is 0. The number of nitrogens with zero attached hydrogens (tertiary/aromatic N) is 2. The predicted molar refractivity (Wildman–Crippen MR) is 188 cm³/mol. The van der Waals surface area contributed by atoms with Crippen LogP contribution in [0, 0.1) is 0 Å². The molecule has 4 rings (SSSR count). The molecule has 0 aliphatic carbocycles. The summed E-state index contributed by atoms with van der Waals surface area (Å²) in [6, 6.07) is 19.4. The van der Waals surface area contributed by atoms with Crippen molar-refractivity contribution in [1.29, 1.82) is 0 Å². The van der Waals surface area contributed by atoms with E-state index in [1.807, 2.05) is 80.6 Å². The zero-order valence-corrected chi connectivity index (χ0v) is 26.4. The molecule has 9 nitrogen and oxygen atoms in total. The monoisotopic (exact) mass is 662 g/mol. The molecule has 2 saturated heterocycles. The maximum atomic E-state index is 12.2. The van der Waals surface area contributed by atoms with Gasteiger partial charge in [0, 0.05) is 31.2 Å². The molecular weight excluding hydrogens is 606 g/mol. The van der Waals surface area contributed by atoms with Gasteiger partial charge in [0.15, 0.2) is 17.4 Å². The van der Waals surface area contributed by atoms with Crippen LogP contribution in [0.5, 0.6) is 0 Å². The van der Waals surface area contributed by atoms with Gasteiger partial charge in [0.1, 0.15) is 13.2 Å². The smallest absolute Gasteiger partial charge is 1.00 e. The number of amides is 2. The van der Waals surface area contributed by atoms with Crippen LogP contribution in [0.3, 0.4) is 0 Å². The van der Waals surface area contributed by atoms with Crippen molar-refractivity contribution >= 4 is 35.5 Å². The minimum absolute atomic E-state index is 0. The second kappa shape index (κ2) is 25.1. The zero-order chi connectivity index (χ0) is 31.0. The molecule has 47 heavy (non-hydrogen) atoms. The van der Waals surface area contributed by atoms with Crippen molar-refractivity contribution in [2.45, 2.75) is 86.6 Å². The number of hydrogen-bond donors (Lipinski definition) is 1. The average Bonchev–Trinajstić information content (AvgIpc) is 3.00. The van der Waals surface area contributed by atoms with Gasteiger partial charge in [-0.2, -0.15) is 0 Å². The van der Waals surface area contributed by atoms with Crippen LogP contribution < -0.4 is 18.9 Å². The first-order valence-electron chi connectivity index (χ1n) is 14.9. The maximum absolute atomic E-state index is 12.2. The van der Waals surface area contributed by atoms with Gasteiger partial charge in [0.25, 0.3) is 0 Å². The number of esters is 1. The third kappa shape index (κ3) is 16.1. The Morgan fingerprint density at radius 2 is 1.21 bits per heavy atom. The second-order valence-electron chi connectivity index (χ2n) is 10.7. The van der Waals surface area contributed by atoms with Crippen molar-refractivity contribution in [3.8, 4) is 0 Å². The molecule has 2 aliphatic rings. The van der Waals surface area contributed by atoms with Gasteiger partial charge >= 0.3 is 37.0 Å². The molecule has 2 unspecified atom stereocenters. The van der Waals surface area contributed by atoms with Gasteiger partial charge in [0.2, 0.25) is 0 Å². The Morgan fingerprint density at radius 1 is 0.787 bits per heavy atom. The van der Waals surface area contributed by atoms with E-state index in [0.29, 0.717) is 39.1 Å². The summed E-state index contributed by atoms with van der Waals surface area (Å²) in [5.74, 6) is -0.310. The van der Waals surface area contributed by atoms with Gasteiger partial charge in [-0.1, -0.05) is 92.7 Å². The molecule has 0 radical (unpaired) electrons. The number of carbonyl (C=O) groups excluding carboxylic acids is 3. The molecule has 2 heterocycles. The summed E-state index contributed by atoms with van der Waals surface area (Å²) < 4.78 is 15.6.